The summed E-state index contributed by atoms with van der Waals surface area (Å²) >= 11 is 0. The molecule has 0 aliphatic heterocycles. The van der Waals surface area contributed by atoms with Crippen LogP contribution in [0.3, 0.4) is 0 Å². The molecule has 0 aromatic heterocycles. The molecule has 0 radical (unpaired) electrons. The van der Waals surface area contributed by atoms with Gasteiger partial charge in [0.15, 0.2) is 0 Å². The van der Waals surface area contributed by atoms with Crippen molar-refractivity contribution in [2.45, 2.75) is 26.4 Å². The maximum atomic E-state index is 10.3. The zero-order chi connectivity index (χ0) is 7.28. The van der Waals surface area contributed by atoms with Crippen LogP contribution in [0.15, 0.2) is 0 Å². The Balaban J connectivity index is 3.01. The van der Waals surface area contributed by atoms with Crippen LogP contribution >= 0.6 is 0 Å². The van der Waals surface area contributed by atoms with Crippen LogP contribution < -0.4 is 0 Å². The monoisotopic (exact) mass is 129 g/mol. The Morgan fingerprint density at radius 3 is 2.67 bits per heavy atom. The minimum atomic E-state index is -0.00986. The standard InChI is InChI=1S/C7H13O2/c1-6(2)9-5-4-7(3)8/h6H,1,4-5H2,2-3H3/q-1. The third-order valence-corrected chi connectivity index (χ3v) is 0.856. The molecule has 0 saturated carbocycles. The Morgan fingerprint density at radius 1 is 1.78 bits per heavy atom. The normalized spacial score (nSPS) is 13.2. The molecule has 0 saturated heterocycles. The van der Waals surface area contributed by atoms with Crippen LogP contribution in [0.2, 0.25) is 0 Å². The maximum Gasteiger partial charge on any atom is 0.132 e. The van der Waals surface area contributed by atoms with Gasteiger partial charge in [0, 0.05) is 6.42 Å². The molecule has 0 aliphatic rings. The Hall–Kier alpha value is -0.370. The first-order chi connectivity index (χ1) is 4.13. The van der Waals surface area contributed by atoms with Crippen LogP contribution in [0, 0.1) is 6.92 Å². The molecule has 1 atom stereocenters. The van der Waals surface area contributed by atoms with Gasteiger partial charge in [-0.05, 0) is 6.92 Å². The zero-order valence-corrected chi connectivity index (χ0v) is 6.02. The van der Waals surface area contributed by atoms with Gasteiger partial charge in [-0.25, -0.2) is 0 Å². The fraction of sp³-hybridized carbons (Fsp3) is 0.714. The van der Waals surface area contributed by atoms with Crippen LogP contribution in [0.1, 0.15) is 20.3 Å². The lowest BCUT2D eigenvalue weighted by Crippen LogP contribution is -2.06. The number of ketones is 1. The molecule has 0 aromatic carbocycles. The number of rotatable bonds is 4. The van der Waals surface area contributed by atoms with Crippen LogP contribution in [-0.4, -0.2) is 18.5 Å². The molecule has 1 unspecified atom stereocenters. The van der Waals surface area contributed by atoms with Gasteiger partial charge in [-0.2, -0.15) is 0 Å². The van der Waals surface area contributed by atoms with Crippen LogP contribution in [0.25, 0.3) is 0 Å². The molecule has 0 aromatic rings. The van der Waals surface area contributed by atoms with E-state index in [0.717, 1.165) is 0 Å². The summed E-state index contributed by atoms with van der Waals surface area (Å²) in [6.45, 7) is 7.50. The van der Waals surface area contributed by atoms with E-state index in [1.807, 2.05) is 6.92 Å². The second-order valence-electron chi connectivity index (χ2n) is 2.13. The van der Waals surface area contributed by atoms with E-state index in [-0.39, 0.29) is 11.9 Å². The summed E-state index contributed by atoms with van der Waals surface area (Å²) in [4.78, 5) is 10.3. The van der Waals surface area contributed by atoms with Gasteiger partial charge < -0.3 is 11.7 Å². The van der Waals surface area contributed by atoms with E-state index in [9.17, 15) is 4.79 Å². The summed E-state index contributed by atoms with van der Waals surface area (Å²) < 4.78 is 5.02. The number of hydrogen-bond donors (Lipinski definition) is 0. The van der Waals surface area contributed by atoms with Crippen molar-refractivity contribution in [2.75, 3.05) is 6.61 Å². The molecule has 9 heavy (non-hydrogen) atoms. The van der Waals surface area contributed by atoms with Crippen molar-refractivity contribution < 1.29 is 9.53 Å². The van der Waals surface area contributed by atoms with Crippen molar-refractivity contribution in [1.82, 2.24) is 0 Å². The van der Waals surface area contributed by atoms with Crippen molar-refractivity contribution >= 4 is 5.78 Å². The van der Waals surface area contributed by atoms with E-state index in [1.54, 1.807) is 6.92 Å². The smallest absolute Gasteiger partial charge is 0.132 e. The predicted molar refractivity (Wildman–Crippen MR) is 36.1 cm³/mol. The third-order valence-electron chi connectivity index (χ3n) is 0.856. The molecule has 0 rings (SSSR count). The van der Waals surface area contributed by atoms with Gasteiger partial charge in [-0.1, -0.05) is 13.0 Å². The Morgan fingerprint density at radius 2 is 2.33 bits per heavy atom. The van der Waals surface area contributed by atoms with E-state index in [2.05, 4.69) is 6.92 Å². The molecule has 0 heterocycles. The number of carbonyl (C=O) groups excluding carboxylic acids is 1. The molecule has 0 amide bonds. The van der Waals surface area contributed by atoms with E-state index in [0.29, 0.717) is 13.0 Å². The summed E-state index contributed by atoms with van der Waals surface area (Å²) in [6.07, 6.45) is 0.490. The third kappa shape index (κ3) is 7.63. The summed E-state index contributed by atoms with van der Waals surface area (Å²) in [5.74, 6) is 0.163. The van der Waals surface area contributed by atoms with Crippen LogP contribution in [0.5, 0.6) is 0 Å². The van der Waals surface area contributed by atoms with Gasteiger partial charge in [0.25, 0.3) is 0 Å². The molecule has 2 nitrogen and oxygen atoms in total. The molecular formula is C7H13O2-. The number of Topliss-reactive ketones (excluding diaryl/α,β-unsaturated/α-hetero) is 1. The van der Waals surface area contributed by atoms with Crippen molar-refractivity contribution in [3.63, 3.8) is 0 Å². The summed E-state index contributed by atoms with van der Waals surface area (Å²) in [5, 5.41) is 0. The average Bonchev–Trinajstić information content (AvgIpc) is 1.63. The molecule has 0 fully saturated rings. The summed E-state index contributed by atoms with van der Waals surface area (Å²) in [5.41, 5.74) is 0. The number of carbonyl (C=O) groups is 1. The van der Waals surface area contributed by atoms with Crippen molar-refractivity contribution in [3.8, 4) is 0 Å². The van der Waals surface area contributed by atoms with Crippen molar-refractivity contribution in [2.24, 2.45) is 0 Å². The quantitative estimate of drug-likeness (QED) is 0.533. The Bertz CT molecular complexity index is 86.9. The largest absolute Gasteiger partial charge is 0.410 e. The number of ether oxygens (including phenoxy) is 1. The Labute approximate surface area is 56.2 Å². The van der Waals surface area contributed by atoms with Crippen molar-refractivity contribution in [3.05, 3.63) is 6.92 Å². The van der Waals surface area contributed by atoms with E-state index in [1.165, 1.54) is 0 Å². The second-order valence-corrected chi connectivity index (χ2v) is 2.13. The van der Waals surface area contributed by atoms with Crippen molar-refractivity contribution in [1.29, 1.82) is 0 Å². The fourth-order valence-corrected chi connectivity index (χ4v) is 0.404. The minimum absolute atomic E-state index is 0.00986. The lowest BCUT2D eigenvalue weighted by molar-refractivity contribution is -0.118. The second kappa shape index (κ2) is 4.50. The van der Waals surface area contributed by atoms with Gasteiger partial charge in [-0.3, -0.25) is 4.79 Å². The lowest BCUT2D eigenvalue weighted by atomic mass is 10.3. The highest BCUT2D eigenvalue weighted by molar-refractivity contribution is 5.75. The van der Waals surface area contributed by atoms with E-state index < -0.39 is 0 Å². The fourth-order valence-electron chi connectivity index (χ4n) is 0.404. The SMILES string of the molecule is [CH2-]C(C)OCCC(C)=O. The highest BCUT2D eigenvalue weighted by Gasteiger charge is 1.91. The first kappa shape index (κ1) is 8.63. The maximum absolute atomic E-state index is 10.3. The first-order valence-corrected chi connectivity index (χ1v) is 3.07. The molecule has 2 heteroatoms. The average molecular weight is 129 g/mol. The first-order valence-electron chi connectivity index (χ1n) is 3.07. The van der Waals surface area contributed by atoms with Gasteiger partial charge in [0.1, 0.15) is 5.78 Å². The molecule has 0 spiro atoms. The molecule has 0 N–H and O–H groups in total. The van der Waals surface area contributed by atoms with Gasteiger partial charge in [0.05, 0.1) is 6.61 Å². The van der Waals surface area contributed by atoms with Crippen LogP contribution in [0.4, 0.5) is 0 Å². The molecule has 0 bridgehead atoms. The van der Waals surface area contributed by atoms with E-state index >= 15 is 0 Å². The zero-order valence-electron chi connectivity index (χ0n) is 6.02. The predicted octanol–water partition coefficient (Wildman–Crippen LogP) is 1.20. The van der Waals surface area contributed by atoms with Gasteiger partial charge in [-0.15, -0.1) is 0 Å². The van der Waals surface area contributed by atoms with Crippen LogP contribution in [-0.2, 0) is 9.53 Å². The topological polar surface area (TPSA) is 26.3 Å². The highest BCUT2D eigenvalue weighted by atomic mass is 16.5. The van der Waals surface area contributed by atoms with Gasteiger partial charge in [0.2, 0.25) is 0 Å². The Kier molecular flexibility index (Phi) is 4.32. The lowest BCUT2D eigenvalue weighted by Gasteiger charge is -2.10. The summed E-state index contributed by atoms with van der Waals surface area (Å²) in [7, 11) is 0. The molecule has 54 valence electrons. The highest BCUT2D eigenvalue weighted by Crippen LogP contribution is 1.89. The molecular weight excluding hydrogens is 116 g/mol. The number of hydrogen-bond acceptors (Lipinski definition) is 2. The molecule has 0 aliphatic carbocycles. The van der Waals surface area contributed by atoms with Gasteiger partial charge >= 0.3 is 0 Å². The summed E-state index contributed by atoms with van der Waals surface area (Å²) in [6, 6.07) is 0. The van der Waals surface area contributed by atoms with E-state index in [4.69, 9.17) is 4.74 Å². The minimum Gasteiger partial charge on any atom is -0.410 e.